The van der Waals surface area contributed by atoms with Gasteiger partial charge in [0.15, 0.2) is 11.4 Å². The highest BCUT2D eigenvalue weighted by atomic mass is 16.4. The molecule has 0 unspecified atom stereocenters. The zero-order chi connectivity index (χ0) is 10.1. The SMILES string of the molecule is CCc1nc2c(=O)[nH]c(CN)nc2o1. The lowest BCUT2D eigenvalue weighted by Crippen LogP contribution is -2.14. The van der Waals surface area contributed by atoms with Gasteiger partial charge in [0, 0.05) is 6.42 Å². The standard InChI is InChI=1S/C8H10N4O2/c1-2-5-12-6-7(13)10-4(3-9)11-8(6)14-5/h2-3,9H2,1H3,(H,10,11,13). The normalized spacial score (nSPS) is 11.0. The molecule has 0 radical (unpaired) electrons. The van der Waals surface area contributed by atoms with Gasteiger partial charge in [0.2, 0.25) is 0 Å². The molecule has 0 atom stereocenters. The molecule has 74 valence electrons. The first-order chi connectivity index (χ1) is 6.74. The summed E-state index contributed by atoms with van der Waals surface area (Å²) in [5.74, 6) is 0.911. The third-order valence-corrected chi connectivity index (χ3v) is 1.86. The van der Waals surface area contributed by atoms with Gasteiger partial charge < -0.3 is 15.1 Å². The van der Waals surface area contributed by atoms with Crippen molar-refractivity contribution in [2.75, 3.05) is 0 Å². The van der Waals surface area contributed by atoms with Crippen molar-refractivity contribution in [1.82, 2.24) is 15.0 Å². The second kappa shape index (κ2) is 3.22. The Balaban J connectivity index is 2.73. The number of nitrogens with one attached hydrogen (secondary N) is 1. The van der Waals surface area contributed by atoms with E-state index >= 15 is 0 Å². The summed E-state index contributed by atoms with van der Waals surface area (Å²) in [6.07, 6.45) is 0.633. The molecule has 0 aromatic carbocycles. The van der Waals surface area contributed by atoms with Crippen molar-refractivity contribution in [3.8, 4) is 0 Å². The van der Waals surface area contributed by atoms with Crippen molar-refractivity contribution in [3.05, 3.63) is 22.1 Å². The molecule has 6 nitrogen and oxygen atoms in total. The molecular weight excluding hydrogens is 184 g/mol. The molecule has 14 heavy (non-hydrogen) atoms. The number of H-pyrrole nitrogens is 1. The average molecular weight is 194 g/mol. The molecule has 2 heterocycles. The minimum absolute atomic E-state index is 0.174. The smallest absolute Gasteiger partial charge is 0.280 e. The molecule has 0 bridgehead atoms. The van der Waals surface area contributed by atoms with Gasteiger partial charge in [0.25, 0.3) is 11.3 Å². The number of rotatable bonds is 2. The topological polar surface area (TPSA) is 97.8 Å². The Morgan fingerprint density at radius 1 is 1.50 bits per heavy atom. The zero-order valence-corrected chi connectivity index (χ0v) is 7.70. The van der Waals surface area contributed by atoms with Crippen LogP contribution in [0.3, 0.4) is 0 Å². The summed E-state index contributed by atoms with van der Waals surface area (Å²) >= 11 is 0. The van der Waals surface area contributed by atoms with Crippen molar-refractivity contribution < 1.29 is 4.42 Å². The lowest BCUT2D eigenvalue weighted by molar-refractivity contribution is 0.527. The second-order valence-electron chi connectivity index (χ2n) is 2.83. The molecule has 3 N–H and O–H groups in total. The van der Waals surface area contributed by atoms with Crippen LogP contribution in [0.4, 0.5) is 0 Å². The molecule has 0 aliphatic rings. The summed E-state index contributed by atoms with van der Waals surface area (Å²) in [6, 6.07) is 0. The third kappa shape index (κ3) is 1.29. The maximum atomic E-state index is 11.4. The molecule has 2 aromatic rings. The van der Waals surface area contributed by atoms with E-state index in [2.05, 4.69) is 15.0 Å². The van der Waals surface area contributed by atoms with Gasteiger partial charge in [0.05, 0.1) is 6.54 Å². The number of aromatic amines is 1. The first kappa shape index (κ1) is 8.89. The summed E-state index contributed by atoms with van der Waals surface area (Å²) in [5.41, 5.74) is 5.54. The van der Waals surface area contributed by atoms with E-state index in [4.69, 9.17) is 10.2 Å². The Labute approximate surface area is 79.2 Å². The van der Waals surface area contributed by atoms with Crippen LogP contribution < -0.4 is 11.3 Å². The number of oxazole rings is 1. The second-order valence-corrected chi connectivity index (χ2v) is 2.83. The molecule has 2 aromatic heterocycles. The molecule has 0 aliphatic heterocycles. The number of hydrogen-bond donors (Lipinski definition) is 2. The van der Waals surface area contributed by atoms with Gasteiger partial charge in [-0.15, -0.1) is 0 Å². The predicted molar refractivity (Wildman–Crippen MR) is 49.7 cm³/mol. The van der Waals surface area contributed by atoms with Crippen LogP contribution in [-0.4, -0.2) is 15.0 Å². The highest BCUT2D eigenvalue weighted by molar-refractivity contribution is 5.66. The molecule has 0 amide bonds. The van der Waals surface area contributed by atoms with Crippen molar-refractivity contribution >= 4 is 11.2 Å². The van der Waals surface area contributed by atoms with Crippen LogP contribution in [0.15, 0.2) is 9.21 Å². The van der Waals surface area contributed by atoms with Crippen LogP contribution in [0, 0.1) is 0 Å². The van der Waals surface area contributed by atoms with Crippen LogP contribution in [0.1, 0.15) is 18.6 Å². The summed E-state index contributed by atoms with van der Waals surface area (Å²) in [7, 11) is 0. The van der Waals surface area contributed by atoms with Gasteiger partial charge >= 0.3 is 0 Å². The van der Waals surface area contributed by atoms with Gasteiger partial charge in [-0.05, 0) is 0 Å². The fraction of sp³-hybridized carbons (Fsp3) is 0.375. The number of nitrogens with two attached hydrogens (primary N) is 1. The minimum atomic E-state index is -0.307. The molecule has 6 heteroatoms. The van der Waals surface area contributed by atoms with Crippen molar-refractivity contribution in [2.45, 2.75) is 19.9 Å². The van der Waals surface area contributed by atoms with Crippen LogP contribution >= 0.6 is 0 Å². The van der Waals surface area contributed by atoms with Gasteiger partial charge in [0.1, 0.15) is 5.82 Å². The van der Waals surface area contributed by atoms with Crippen molar-refractivity contribution in [2.24, 2.45) is 5.73 Å². The maximum Gasteiger partial charge on any atom is 0.280 e. The van der Waals surface area contributed by atoms with Gasteiger partial charge in [-0.2, -0.15) is 4.98 Å². The number of aromatic nitrogens is 3. The Morgan fingerprint density at radius 3 is 2.93 bits per heavy atom. The third-order valence-electron chi connectivity index (χ3n) is 1.86. The lowest BCUT2D eigenvalue weighted by atomic mass is 10.5. The Kier molecular flexibility index (Phi) is 2.05. The van der Waals surface area contributed by atoms with E-state index in [1.165, 1.54) is 0 Å². The lowest BCUT2D eigenvalue weighted by Gasteiger charge is -1.92. The van der Waals surface area contributed by atoms with Crippen molar-refractivity contribution in [1.29, 1.82) is 0 Å². The molecule has 0 fully saturated rings. The van der Waals surface area contributed by atoms with Crippen LogP contribution in [-0.2, 0) is 13.0 Å². The fourth-order valence-electron chi connectivity index (χ4n) is 1.17. The van der Waals surface area contributed by atoms with E-state index in [1.54, 1.807) is 0 Å². The molecule has 0 saturated carbocycles. The van der Waals surface area contributed by atoms with Gasteiger partial charge in [-0.1, -0.05) is 6.92 Å². The quantitative estimate of drug-likeness (QED) is 0.697. The minimum Gasteiger partial charge on any atom is -0.422 e. The highest BCUT2D eigenvalue weighted by Crippen LogP contribution is 2.08. The van der Waals surface area contributed by atoms with E-state index in [0.717, 1.165) is 0 Å². The molecule has 0 spiro atoms. The molecule has 0 aliphatic carbocycles. The summed E-state index contributed by atoms with van der Waals surface area (Å²) in [5, 5.41) is 0. The van der Waals surface area contributed by atoms with Crippen molar-refractivity contribution in [3.63, 3.8) is 0 Å². The van der Waals surface area contributed by atoms with E-state index < -0.39 is 0 Å². The van der Waals surface area contributed by atoms with Crippen LogP contribution in [0.5, 0.6) is 0 Å². The first-order valence-electron chi connectivity index (χ1n) is 4.33. The van der Waals surface area contributed by atoms with Gasteiger partial charge in [-0.25, -0.2) is 4.98 Å². The average Bonchev–Trinajstić information content (AvgIpc) is 2.61. The molecular formula is C8H10N4O2. The summed E-state index contributed by atoms with van der Waals surface area (Å²) in [6.45, 7) is 2.07. The summed E-state index contributed by atoms with van der Waals surface area (Å²) in [4.78, 5) is 21.9. The Hall–Kier alpha value is -1.69. The highest BCUT2D eigenvalue weighted by Gasteiger charge is 2.10. The number of hydrogen-bond acceptors (Lipinski definition) is 5. The first-order valence-corrected chi connectivity index (χ1v) is 4.33. The van der Waals surface area contributed by atoms with Crippen LogP contribution in [0.25, 0.3) is 11.2 Å². The number of nitrogens with zero attached hydrogens (tertiary/aromatic N) is 2. The predicted octanol–water partition coefficient (Wildman–Crippen LogP) is -0.0678. The largest absolute Gasteiger partial charge is 0.422 e. The number of aryl methyl sites for hydroxylation is 1. The molecule has 0 saturated heterocycles. The van der Waals surface area contributed by atoms with Gasteiger partial charge in [-0.3, -0.25) is 4.79 Å². The molecule has 2 rings (SSSR count). The Morgan fingerprint density at radius 2 is 2.29 bits per heavy atom. The monoisotopic (exact) mass is 194 g/mol. The fourth-order valence-corrected chi connectivity index (χ4v) is 1.17. The van der Waals surface area contributed by atoms with E-state index in [9.17, 15) is 4.79 Å². The van der Waals surface area contributed by atoms with E-state index in [1.807, 2.05) is 6.92 Å². The zero-order valence-electron chi connectivity index (χ0n) is 7.70. The number of fused-ring (bicyclic) bond motifs is 1. The Bertz CT molecular complexity index is 514. The summed E-state index contributed by atoms with van der Waals surface area (Å²) < 4.78 is 5.24. The van der Waals surface area contributed by atoms with E-state index in [-0.39, 0.29) is 23.3 Å². The van der Waals surface area contributed by atoms with Crippen LogP contribution in [0.2, 0.25) is 0 Å². The maximum absolute atomic E-state index is 11.4. The van der Waals surface area contributed by atoms with E-state index in [0.29, 0.717) is 18.1 Å².